The van der Waals surface area contributed by atoms with Crippen LogP contribution in [0.3, 0.4) is 0 Å². The Morgan fingerprint density at radius 2 is 2.46 bits per heavy atom. The van der Waals surface area contributed by atoms with Gasteiger partial charge < -0.3 is 16.2 Å². The molecule has 0 fully saturated rings. The molecule has 6 heteroatoms. The topological polar surface area (TPSA) is 83.6 Å². The summed E-state index contributed by atoms with van der Waals surface area (Å²) in [5.41, 5.74) is 0.326. The van der Waals surface area contributed by atoms with Crippen molar-refractivity contribution < 1.29 is 50.5 Å². The van der Waals surface area contributed by atoms with E-state index in [2.05, 4.69) is 9.68 Å². The predicted octanol–water partition coefficient (Wildman–Crippen LogP) is -2.53. The standard InChI is InChI=1S/C7H9NO4.Na.H/c1-4(7(10)11)6-2-5(3-9)12-8-6;;/h2,4,9H,3H2,1H3,(H,10,11);;/q;+1;-1. The van der Waals surface area contributed by atoms with Crippen LogP contribution in [0.15, 0.2) is 10.6 Å². The SMILES string of the molecule is CC(C(=O)O)c1cc(CO)on1.[H-].[Na+]. The molecule has 1 atom stereocenters. The summed E-state index contributed by atoms with van der Waals surface area (Å²) in [5.74, 6) is -1.39. The molecule has 0 saturated heterocycles. The maximum absolute atomic E-state index is 10.5. The molecule has 0 saturated carbocycles. The number of aliphatic carboxylic acids is 1. The Labute approximate surface area is 98.5 Å². The number of carboxylic acids is 1. The first-order valence-corrected chi connectivity index (χ1v) is 3.44. The van der Waals surface area contributed by atoms with E-state index in [-0.39, 0.29) is 43.4 Å². The predicted molar refractivity (Wildman–Crippen MR) is 39.6 cm³/mol. The van der Waals surface area contributed by atoms with Crippen molar-refractivity contribution in [1.29, 1.82) is 0 Å². The number of aliphatic hydroxyl groups is 1. The third-order valence-corrected chi connectivity index (χ3v) is 1.55. The van der Waals surface area contributed by atoms with Crippen LogP contribution in [0.2, 0.25) is 0 Å². The molecule has 0 spiro atoms. The van der Waals surface area contributed by atoms with Gasteiger partial charge in [0.25, 0.3) is 0 Å². The van der Waals surface area contributed by atoms with Gasteiger partial charge in [0.1, 0.15) is 6.61 Å². The Morgan fingerprint density at radius 1 is 1.85 bits per heavy atom. The monoisotopic (exact) mass is 195 g/mol. The molecule has 0 amide bonds. The van der Waals surface area contributed by atoms with Crippen LogP contribution in [-0.2, 0) is 11.4 Å². The first-order valence-electron chi connectivity index (χ1n) is 3.44. The average Bonchev–Trinajstić information content (AvgIpc) is 2.50. The van der Waals surface area contributed by atoms with Gasteiger partial charge in [-0.2, -0.15) is 0 Å². The number of hydrogen-bond donors (Lipinski definition) is 2. The molecule has 0 radical (unpaired) electrons. The molecule has 1 aromatic rings. The van der Waals surface area contributed by atoms with E-state index in [9.17, 15) is 4.79 Å². The largest absolute Gasteiger partial charge is 1.00 e. The molecule has 1 unspecified atom stereocenters. The number of aliphatic hydroxyl groups excluding tert-OH is 1. The number of hydrogen-bond acceptors (Lipinski definition) is 4. The van der Waals surface area contributed by atoms with Gasteiger partial charge in [0.2, 0.25) is 0 Å². The maximum Gasteiger partial charge on any atom is 1.00 e. The van der Waals surface area contributed by atoms with Crippen LogP contribution in [-0.4, -0.2) is 21.3 Å². The van der Waals surface area contributed by atoms with Crippen LogP contribution in [0, 0.1) is 0 Å². The van der Waals surface area contributed by atoms with Gasteiger partial charge in [0.15, 0.2) is 5.76 Å². The summed E-state index contributed by atoms with van der Waals surface area (Å²) in [5, 5.41) is 20.7. The normalized spacial score (nSPS) is 11.8. The molecule has 0 aliphatic carbocycles. The van der Waals surface area contributed by atoms with Crippen molar-refractivity contribution >= 4 is 5.97 Å². The summed E-state index contributed by atoms with van der Waals surface area (Å²) in [6, 6.07) is 1.43. The minimum absolute atomic E-state index is 0. The second-order valence-electron chi connectivity index (χ2n) is 2.44. The number of carboxylic acid groups (broad SMARTS) is 1. The molecule has 1 aromatic heterocycles. The third-order valence-electron chi connectivity index (χ3n) is 1.55. The van der Waals surface area contributed by atoms with Crippen LogP contribution in [0.4, 0.5) is 0 Å². The fourth-order valence-corrected chi connectivity index (χ4v) is 0.734. The van der Waals surface area contributed by atoms with Crippen molar-refractivity contribution in [1.82, 2.24) is 5.16 Å². The van der Waals surface area contributed by atoms with Crippen molar-refractivity contribution in [2.24, 2.45) is 0 Å². The quantitative estimate of drug-likeness (QED) is 0.520. The number of nitrogens with zero attached hydrogens (tertiary/aromatic N) is 1. The van der Waals surface area contributed by atoms with Crippen molar-refractivity contribution in [2.45, 2.75) is 19.4 Å². The molecule has 0 aliphatic rings. The molecular formula is C7H10NNaO4. The zero-order valence-corrected chi connectivity index (χ0v) is 9.52. The van der Waals surface area contributed by atoms with E-state index in [1.54, 1.807) is 0 Å². The molecule has 13 heavy (non-hydrogen) atoms. The van der Waals surface area contributed by atoms with Gasteiger partial charge in [-0.3, -0.25) is 4.79 Å². The van der Waals surface area contributed by atoms with Crippen LogP contribution < -0.4 is 29.6 Å². The van der Waals surface area contributed by atoms with E-state index in [1.165, 1.54) is 13.0 Å². The minimum atomic E-state index is -0.965. The molecule has 68 valence electrons. The van der Waals surface area contributed by atoms with Gasteiger partial charge >= 0.3 is 35.5 Å². The van der Waals surface area contributed by atoms with Crippen LogP contribution in [0.5, 0.6) is 0 Å². The molecule has 0 aliphatic heterocycles. The van der Waals surface area contributed by atoms with Gasteiger partial charge in [0, 0.05) is 6.07 Å². The summed E-state index contributed by atoms with van der Waals surface area (Å²) in [7, 11) is 0. The third kappa shape index (κ3) is 3.11. The summed E-state index contributed by atoms with van der Waals surface area (Å²) < 4.78 is 4.62. The Hall–Kier alpha value is -0.360. The Bertz CT molecular complexity index is 291. The van der Waals surface area contributed by atoms with Gasteiger partial charge in [0.05, 0.1) is 11.6 Å². The van der Waals surface area contributed by atoms with Gasteiger partial charge in [-0.05, 0) is 6.92 Å². The summed E-state index contributed by atoms with van der Waals surface area (Å²) >= 11 is 0. The summed E-state index contributed by atoms with van der Waals surface area (Å²) in [6.45, 7) is 1.24. The van der Waals surface area contributed by atoms with E-state index >= 15 is 0 Å². The summed E-state index contributed by atoms with van der Waals surface area (Å²) in [6.07, 6.45) is 0. The molecule has 0 aromatic carbocycles. The Morgan fingerprint density at radius 3 is 2.85 bits per heavy atom. The fraction of sp³-hybridized carbons (Fsp3) is 0.429. The zero-order chi connectivity index (χ0) is 9.14. The van der Waals surface area contributed by atoms with Crippen LogP contribution in [0.1, 0.15) is 25.7 Å². The van der Waals surface area contributed by atoms with E-state index in [4.69, 9.17) is 10.2 Å². The molecular weight excluding hydrogens is 185 g/mol. The van der Waals surface area contributed by atoms with Crippen LogP contribution in [0.25, 0.3) is 0 Å². The smallest absolute Gasteiger partial charge is 1.00 e. The minimum Gasteiger partial charge on any atom is -1.00 e. The molecule has 1 rings (SSSR count). The molecule has 5 nitrogen and oxygen atoms in total. The molecule has 1 heterocycles. The van der Waals surface area contributed by atoms with Crippen LogP contribution >= 0.6 is 0 Å². The van der Waals surface area contributed by atoms with Crippen molar-refractivity contribution in [3.63, 3.8) is 0 Å². The van der Waals surface area contributed by atoms with Gasteiger partial charge in [-0.1, -0.05) is 5.16 Å². The van der Waals surface area contributed by atoms with E-state index in [1.807, 2.05) is 0 Å². The van der Waals surface area contributed by atoms with Crippen molar-refractivity contribution in [2.75, 3.05) is 0 Å². The van der Waals surface area contributed by atoms with Crippen molar-refractivity contribution in [3.05, 3.63) is 17.5 Å². The Kier molecular flexibility index (Phi) is 5.24. The van der Waals surface area contributed by atoms with E-state index < -0.39 is 11.9 Å². The number of carbonyl (C=O) groups is 1. The fourth-order valence-electron chi connectivity index (χ4n) is 0.734. The van der Waals surface area contributed by atoms with Gasteiger partial charge in [-0.15, -0.1) is 0 Å². The van der Waals surface area contributed by atoms with E-state index in [0.29, 0.717) is 5.69 Å². The number of aromatic nitrogens is 1. The van der Waals surface area contributed by atoms with Gasteiger partial charge in [-0.25, -0.2) is 0 Å². The summed E-state index contributed by atoms with van der Waals surface area (Å²) in [4.78, 5) is 10.5. The number of rotatable bonds is 3. The second kappa shape index (κ2) is 5.39. The first kappa shape index (κ1) is 12.6. The average molecular weight is 195 g/mol. The van der Waals surface area contributed by atoms with E-state index in [0.717, 1.165) is 0 Å². The molecule has 2 N–H and O–H groups in total. The van der Waals surface area contributed by atoms with Crippen molar-refractivity contribution in [3.8, 4) is 0 Å². The zero-order valence-electron chi connectivity index (χ0n) is 8.52. The molecule has 0 bridgehead atoms. The Balaban J connectivity index is 0. The first-order chi connectivity index (χ1) is 5.65. The second-order valence-corrected chi connectivity index (χ2v) is 2.44. The maximum atomic E-state index is 10.5.